The van der Waals surface area contributed by atoms with Crippen LogP contribution in [0.5, 0.6) is 0 Å². The Kier molecular flexibility index (Phi) is 3.78. The van der Waals surface area contributed by atoms with E-state index in [9.17, 15) is 4.79 Å². The Morgan fingerprint density at radius 2 is 2.44 bits per heavy atom. The lowest BCUT2D eigenvalue weighted by Crippen LogP contribution is -2.30. The summed E-state index contributed by atoms with van der Waals surface area (Å²) >= 11 is 0. The minimum Gasteiger partial charge on any atom is -0.454 e. The summed E-state index contributed by atoms with van der Waals surface area (Å²) in [4.78, 5) is 11.6. The normalized spacial score (nSPS) is 12.3. The van der Waals surface area contributed by atoms with Gasteiger partial charge in [-0.15, -0.1) is 0 Å². The summed E-state index contributed by atoms with van der Waals surface area (Å²) < 4.78 is 7.10. The number of carbonyl (C=O) groups excluding carboxylic acids is 1. The van der Waals surface area contributed by atoms with Crippen LogP contribution in [0, 0.1) is 0 Å². The van der Waals surface area contributed by atoms with E-state index in [1.165, 1.54) is 0 Å². The number of hydrogen-bond acceptors (Lipinski definition) is 4. The van der Waals surface area contributed by atoms with Gasteiger partial charge in [-0.2, -0.15) is 5.10 Å². The molecule has 6 nitrogen and oxygen atoms in total. The molecule has 1 atom stereocenters. The van der Waals surface area contributed by atoms with E-state index < -0.39 is 6.10 Å². The predicted molar refractivity (Wildman–Crippen MR) is 64.1 cm³/mol. The van der Waals surface area contributed by atoms with Gasteiger partial charge in [-0.1, -0.05) is 0 Å². The molecule has 0 aliphatic carbocycles. The third-order valence-corrected chi connectivity index (χ3v) is 2.32. The summed E-state index contributed by atoms with van der Waals surface area (Å²) in [6.07, 6.45) is 2.92. The van der Waals surface area contributed by atoms with Crippen LogP contribution in [0.2, 0.25) is 0 Å². The Bertz CT molecular complexity index is 502. The number of aromatic nitrogens is 2. The van der Waals surface area contributed by atoms with Crippen molar-refractivity contribution in [2.24, 2.45) is 0 Å². The molecule has 0 saturated heterocycles. The molecular formula is C12H15N3O3. The van der Waals surface area contributed by atoms with E-state index in [2.05, 4.69) is 10.4 Å². The molecule has 2 rings (SSSR count). The molecule has 0 bridgehead atoms. The Hall–Kier alpha value is -2.08. The average molecular weight is 249 g/mol. The zero-order valence-electron chi connectivity index (χ0n) is 10.0. The molecule has 1 amide bonds. The van der Waals surface area contributed by atoms with Crippen LogP contribution in [0.25, 0.3) is 0 Å². The largest absolute Gasteiger partial charge is 0.454 e. The van der Waals surface area contributed by atoms with Crippen molar-refractivity contribution in [2.45, 2.75) is 19.6 Å². The van der Waals surface area contributed by atoms with Crippen molar-refractivity contribution in [1.29, 1.82) is 0 Å². The third kappa shape index (κ3) is 3.21. The molecule has 96 valence electrons. The standard InChI is InChI=1S/C12H15N3O3/c1-9(16)7-13-12(17)11-4-3-10(18-11)8-15-6-2-5-14-15/h2-6,9,16H,7-8H2,1H3,(H,13,17)/t9-/m1/s1. The predicted octanol–water partition coefficient (Wildman–Crippen LogP) is 0.635. The first-order chi connectivity index (χ1) is 8.65. The molecule has 0 saturated carbocycles. The van der Waals surface area contributed by atoms with Gasteiger partial charge in [-0.3, -0.25) is 9.48 Å². The SMILES string of the molecule is C[C@@H](O)CNC(=O)c1ccc(Cn2cccn2)o1. The van der Waals surface area contributed by atoms with Crippen LogP contribution in [0.3, 0.4) is 0 Å². The quantitative estimate of drug-likeness (QED) is 0.814. The van der Waals surface area contributed by atoms with Crippen LogP contribution >= 0.6 is 0 Å². The first kappa shape index (κ1) is 12.4. The Morgan fingerprint density at radius 3 is 3.11 bits per heavy atom. The summed E-state index contributed by atoms with van der Waals surface area (Å²) in [7, 11) is 0. The maximum absolute atomic E-state index is 11.6. The molecule has 2 N–H and O–H groups in total. The molecule has 0 fully saturated rings. The van der Waals surface area contributed by atoms with Crippen LogP contribution in [-0.2, 0) is 6.54 Å². The van der Waals surface area contributed by atoms with Gasteiger partial charge in [0.05, 0.1) is 12.6 Å². The molecule has 18 heavy (non-hydrogen) atoms. The number of aliphatic hydroxyl groups is 1. The molecule has 0 aliphatic rings. The van der Waals surface area contributed by atoms with E-state index >= 15 is 0 Å². The van der Waals surface area contributed by atoms with Crippen molar-refractivity contribution in [1.82, 2.24) is 15.1 Å². The van der Waals surface area contributed by atoms with Gasteiger partial charge in [-0.05, 0) is 25.1 Å². The van der Waals surface area contributed by atoms with Gasteiger partial charge in [0.25, 0.3) is 5.91 Å². The van der Waals surface area contributed by atoms with Crippen molar-refractivity contribution in [2.75, 3.05) is 6.54 Å². The molecular weight excluding hydrogens is 234 g/mol. The molecule has 2 heterocycles. The lowest BCUT2D eigenvalue weighted by atomic mass is 10.3. The number of aliphatic hydroxyl groups excluding tert-OH is 1. The lowest BCUT2D eigenvalue weighted by molar-refractivity contribution is 0.0894. The van der Waals surface area contributed by atoms with Crippen molar-refractivity contribution in [3.05, 3.63) is 42.1 Å². The fourth-order valence-electron chi connectivity index (χ4n) is 1.47. The summed E-state index contributed by atoms with van der Waals surface area (Å²) in [6.45, 7) is 2.29. The molecule has 0 aliphatic heterocycles. The summed E-state index contributed by atoms with van der Waals surface area (Å²) in [5, 5.41) is 15.7. The lowest BCUT2D eigenvalue weighted by Gasteiger charge is -2.04. The Morgan fingerprint density at radius 1 is 1.61 bits per heavy atom. The second-order valence-corrected chi connectivity index (χ2v) is 4.03. The van der Waals surface area contributed by atoms with Crippen LogP contribution in [0.1, 0.15) is 23.2 Å². The fourth-order valence-corrected chi connectivity index (χ4v) is 1.47. The van der Waals surface area contributed by atoms with E-state index in [1.54, 1.807) is 29.9 Å². The van der Waals surface area contributed by atoms with E-state index in [1.807, 2.05) is 12.3 Å². The number of hydrogen-bond donors (Lipinski definition) is 2. The summed E-state index contributed by atoms with van der Waals surface area (Å²) in [5.41, 5.74) is 0. The van der Waals surface area contributed by atoms with Gasteiger partial charge in [0, 0.05) is 18.9 Å². The van der Waals surface area contributed by atoms with Crippen molar-refractivity contribution < 1.29 is 14.3 Å². The highest BCUT2D eigenvalue weighted by atomic mass is 16.4. The van der Waals surface area contributed by atoms with Gasteiger partial charge in [0.2, 0.25) is 0 Å². The highest BCUT2D eigenvalue weighted by molar-refractivity contribution is 5.91. The first-order valence-corrected chi connectivity index (χ1v) is 5.67. The van der Waals surface area contributed by atoms with Crippen molar-refractivity contribution in [3.8, 4) is 0 Å². The summed E-state index contributed by atoms with van der Waals surface area (Å²) in [5.74, 6) is 0.557. The highest BCUT2D eigenvalue weighted by Crippen LogP contribution is 2.09. The van der Waals surface area contributed by atoms with Crippen molar-refractivity contribution in [3.63, 3.8) is 0 Å². The Balaban J connectivity index is 1.95. The zero-order valence-corrected chi connectivity index (χ0v) is 10.0. The monoisotopic (exact) mass is 249 g/mol. The number of nitrogens with one attached hydrogen (secondary N) is 1. The molecule has 0 spiro atoms. The number of amides is 1. The van der Waals surface area contributed by atoms with Crippen LogP contribution < -0.4 is 5.32 Å². The molecule has 2 aromatic rings. The first-order valence-electron chi connectivity index (χ1n) is 5.67. The second-order valence-electron chi connectivity index (χ2n) is 4.03. The Labute approximate surface area is 104 Å². The van der Waals surface area contributed by atoms with Crippen molar-refractivity contribution >= 4 is 5.91 Å². The number of nitrogens with zero attached hydrogens (tertiary/aromatic N) is 2. The number of rotatable bonds is 5. The van der Waals surface area contributed by atoms with Crippen LogP contribution in [-0.4, -0.2) is 33.4 Å². The average Bonchev–Trinajstić information content (AvgIpc) is 2.98. The maximum Gasteiger partial charge on any atom is 0.287 e. The minimum atomic E-state index is -0.576. The number of carbonyl (C=O) groups is 1. The van der Waals surface area contributed by atoms with Gasteiger partial charge >= 0.3 is 0 Å². The number of furan rings is 1. The summed E-state index contributed by atoms with van der Waals surface area (Å²) in [6, 6.07) is 5.16. The molecule has 6 heteroatoms. The van der Waals surface area contributed by atoms with E-state index in [4.69, 9.17) is 9.52 Å². The highest BCUT2D eigenvalue weighted by Gasteiger charge is 2.11. The van der Waals surface area contributed by atoms with E-state index in [0.29, 0.717) is 12.3 Å². The second kappa shape index (κ2) is 5.50. The van der Waals surface area contributed by atoms with Crippen LogP contribution in [0.4, 0.5) is 0 Å². The van der Waals surface area contributed by atoms with Gasteiger partial charge in [0.15, 0.2) is 5.76 Å². The van der Waals surface area contributed by atoms with E-state index in [0.717, 1.165) is 0 Å². The topological polar surface area (TPSA) is 80.3 Å². The van der Waals surface area contributed by atoms with Crippen LogP contribution in [0.15, 0.2) is 35.0 Å². The third-order valence-electron chi connectivity index (χ3n) is 2.32. The molecule has 0 aromatic carbocycles. The smallest absolute Gasteiger partial charge is 0.287 e. The van der Waals surface area contributed by atoms with E-state index in [-0.39, 0.29) is 18.2 Å². The molecule has 0 radical (unpaired) electrons. The minimum absolute atomic E-state index is 0.202. The molecule has 2 aromatic heterocycles. The van der Waals surface area contributed by atoms with Gasteiger partial charge in [-0.25, -0.2) is 0 Å². The van der Waals surface area contributed by atoms with Gasteiger partial charge in [0.1, 0.15) is 5.76 Å². The molecule has 0 unspecified atom stereocenters. The zero-order chi connectivity index (χ0) is 13.0. The maximum atomic E-state index is 11.6. The van der Waals surface area contributed by atoms with Gasteiger partial charge < -0.3 is 14.8 Å². The fraction of sp³-hybridized carbons (Fsp3) is 0.333.